The first-order valence-electron chi connectivity index (χ1n) is 14.5. The summed E-state index contributed by atoms with van der Waals surface area (Å²) in [5.41, 5.74) is 0.321. The highest BCUT2D eigenvalue weighted by Gasteiger charge is 2.53. The number of allylic oxidation sites excluding steroid dienone is 3. The molecule has 0 spiro atoms. The van der Waals surface area contributed by atoms with Gasteiger partial charge in [-0.3, -0.25) is 14.4 Å². The van der Waals surface area contributed by atoms with E-state index in [1.807, 2.05) is 26.8 Å². The number of aldehydes is 1. The number of unbranched alkanes of at least 4 members (excludes halogenated alkanes) is 1. The van der Waals surface area contributed by atoms with E-state index in [-0.39, 0.29) is 35.5 Å². The minimum atomic E-state index is -0.900. The summed E-state index contributed by atoms with van der Waals surface area (Å²) in [6, 6.07) is -0.808. The first-order chi connectivity index (χ1) is 18.8. The van der Waals surface area contributed by atoms with Crippen molar-refractivity contribution in [2.45, 2.75) is 98.6 Å². The second-order valence-electron chi connectivity index (χ2n) is 12.1. The number of ketones is 1. The van der Waals surface area contributed by atoms with Crippen molar-refractivity contribution in [1.29, 1.82) is 0 Å². The number of carbonyl (C=O) groups is 5. The number of carbonyl (C=O) groups excluding carboxylic acids is 5. The van der Waals surface area contributed by atoms with Gasteiger partial charge in [0, 0.05) is 16.9 Å². The highest BCUT2D eigenvalue weighted by molar-refractivity contribution is 6.00. The number of esters is 2. The van der Waals surface area contributed by atoms with Crippen LogP contribution in [-0.4, -0.2) is 49.2 Å². The Morgan fingerprint density at radius 2 is 1.90 bits per heavy atom. The van der Waals surface area contributed by atoms with Gasteiger partial charge in [-0.05, 0) is 68.1 Å². The van der Waals surface area contributed by atoms with Gasteiger partial charge in [0.05, 0.1) is 13.0 Å². The van der Waals surface area contributed by atoms with Gasteiger partial charge in [0.15, 0.2) is 5.78 Å². The molecular weight excluding hydrogens is 510 g/mol. The molecule has 8 nitrogen and oxygen atoms in total. The smallest absolute Gasteiger partial charge is 0.333 e. The molecule has 0 bridgehead atoms. The molecule has 8 heteroatoms. The summed E-state index contributed by atoms with van der Waals surface area (Å²) in [5, 5.41) is 2.87. The molecule has 0 heterocycles. The van der Waals surface area contributed by atoms with E-state index in [4.69, 9.17) is 9.47 Å². The lowest BCUT2D eigenvalue weighted by molar-refractivity contribution is -0.150. The molecule has 40 heavy (non-hydrogen) atoms. The van der Waals surface area contributed by atoms with Crippen LogP contribution in [0.5, 0.6) is 0 Å². The van der Waals surface area contributed by atoms with E-state index in [2.05, 4.69) is 25.7 Å². The lowest BCUT2D eigenvalue weighted by Gasteiger charge is -2.49. The molecule has 0 aromatic rings. The van der Waals surface area contributed by atoms with Crippen LogP contribution < -0.4 is 5.32 Å². The Bertz CT molecular complexity index is 1060. The molecular formula is C32H47NO7. The molecule has 2 aliphatic rings. The van der Waals surface area contributed by atoms with Crippen molar-refractivity contribution in [3.05, 3.63) is 35.5 Å². The van der Waals surface area contributed by atoms with Gasteiger partial charge < -0.3 is 14.8 Å². The van der Waals surface area contributed by atoms with Crippen LogP contribution in [0.1, 0.15) is 86.5 Å². The normalized spacial score (nSPS) is 26.2. The Balaban J connectivity index is 2.40. The topological polar surface area (TPSA) is 116 Å². The third-order valence-electron chi connectivity index (χ3n) is 8.31. The summed E-state index contributed by atoms with van der Waals surface area (Å²) < 4.78 is 10.9. The first-order valence-corrected chi connectivity index (χ1v) is 14.5. The molecule has 2 aliphatic carbocycles. The fourth-order valence-electron chi connectivity index (χ4n) is 6.02. The zero-order valence-electron chi connectivity index (χ0n) is 25.2. The zero-order valence-corrected chi connectivity index (χ0v) is 25.2. The second kappa shape index (κ2) is 14.6. The van der Waals surface area contributed by atoms with Gasteiger partial charge in [-0.15, -0.1) is 0 Å². The zero-order chi connectivity index (χ0) is 30.2. The molecule has 0 aliphatic heterocycles. The molecule has 1 amide bonds. The molecule has 0 radical (unpaired) electrons. The van der Waals surface area contributed by atoms with Crippen molar-refractivity contribution in [1.82, 2.24) is 5.32 Å². The van der Waals surface area contributed by atoms with Crippen LogP contribution >= 0.6 is 0 Å². The standard InChI is InChI=1S/C32H47NO7/c1-9-10-11-20(4)15-21(5)30(37)40-28-13-12-24(29(36)33-26(14-19(2)3)31(38)39-8)32(7)17-23(22(6)18-34)27(35)16-25(28)32/h15-16,18-20,23-24,26,28H,6,9-14,17H2,1-5,7-8H3,(H,33,36)/b21-15+/t20?,23-,24+,26-,28+,32+/m0/s1. The largest absolute Gasteiger partial charge is 0.467 e. The summed E-state index contributed by atoms with van der Waals surface area (Å²) in [5.74, 6) is -2.62. The van der Waals surface area contributed by atoms with Crippen LogP contribution in [0.3, 0.4) is 0 Å². The van der Waals surface area contributed by atoms with Crippen LogP contribution in [-0.2, 0) is 33.4 Å². The highest BCUT2D eigenvalue weighted by Crippen LogP contribution is 2.53. The fourth-order valence-corrected chi connectivity index (χ4v) is 6.02. The molecule has 6 atom stereocenters. The van der Waals surface area contributed by atoms with Crippen molar-refractivity contribution in [2.75, 3.05) is 7.11 Å². The fraction of sp³-hybridized carbons (Fsp3) is 0.656. The number of amides is 1. The average molecular weight is 558 g/mol. The average Bonchev–Trinajstić information content (AvgIpc) is 2.90. The Morgan fingerprint density at radius 1 is 1.23 bits per heavy atom. The summed E-state index contributed by atoms with van der Waals surface area (Å²) in [7, 11) is 1.28. The summed E-state index contributed by atoms with van der Waals surface area (Å²) in [6.07, 6.45) is 7.69. The van der Waals surface area contributed by atoms with Crippen LogP contribution in [0, 0.1) is 29.1 Å². The molecule has 0 saturated heterocycles. The van der Waals surface area contributed by atoms with Gasteiger partial charge in [-0.2, -0.15) is 0 Å². The summed E-state index contributed by atoms with van der Waals surface area (Å²) >= 11 is 0. The minimum absolute atomic E-state index is 0.138. The third kappa shape index (κ3) is 8.01. The van der Waals surface area contributed by atoms with E-state index in [0.717, 1.165) is 19.3 Å². The van der Waals surface area contributed by atoms with Crippen LogP contribution in [0.15, 0.2) is 35.5 Å². The highest BCUT2D eigenvalue weighted by atomic mass is 16.5. The van der Waals surface area contributed by atoms with Crippen molar-refractivity contribution >= 4 is 29.9 Å². The maximum absolute atomic E-state index is 13.7. The Kier molecular flexibility index (Phi) is 12.1. The van der Waals surface area contributed by atoms with E-state index in [1.165, 1.54) is 13.2 Å². The Hall–Kier alpha value is -3.03. The summed E-state index contributed by atoms with van der Waals surface area (Å²) in [6.45, 7) is 15.5. The SMILES string of the molecule is C=C(C=O)[C@@H]1C[C@@]2(C)C(=CC1=O)[C@H](OC(=O)/C(C)=C/C(C)CCCC)CC[C@@H]2C(=O)N[C@@H](CC(C)C)C(=O)OC. The molecule has 0 aromatic carbocycles. The maximum atomic E-state index is 13.7. The molecule has 0 aromatic heterocycles. The third-order valence-corrected chi connectivity index (χ3v) is 8.31. The summed E-state index contributed by atoms with van der Waals surface area (Å²) in [4.78, 5) is 63.8. The van der Waals surface area contributed by atoms with Gasteiger partial charge in [0.25, 0.3) is 0 Å². The van der Waals surface area contributed by atoms with Crippen LogP contribution in [0.25, 0.3) is 0 Å². The Labute approximate surface area is 239 Å². The number of hydrogen-bond acceptors (Lipinski definition) is 7. The van der Waals surface area contributed by atoms with Gasteiger partial charge in [-0.25, -0.2) is 9.59 Å². The van der Waals surface area contributed by atoms with Crippen LogP contribution in [0.2, 0.25) is 0 Å². The van der Waals surface area contributed by atoms with E-state index in [9.17, 15) is 24.0 Å². The van der Waals surface area contributed by atoms with Crippen LogP contribution in [0.4, 0.5) is 0 Å². The monoisotopic (exact) mass is 557 g/mol. The minimum Gasteiger partial charge on any atom is -0.467 e. The molecule has 1 saturated carbocycles. The molecule has 222 valence electrons. The van der Waals surface area contributed by atoms with Gasteiger partial charge in [0.1, 0.15) is 18.4 Å². The number of nitrogens with one attached hydrogen (secondary N) is 1. The molecule has 2 rings (SSSR count). The van der Waals surface area contributed by atoms with Gasteiger partial charge in [-0.1, -0.05) is 60.1 Å². The predicted octanol–water partition coefficient (Wildman–Crippen LogP) is 5.06. The van der Waals surface area contributed by atoms with E-state index >= 15 is 0 Å². The number of fused-ring (bicyclic) bond motifs is 1. The lowest BCUT2D eigenvalue weighted by Crippen LogP contribution is -2.54. The van der Waals surface area contributed by atoms with Gasteiger partial charge in [0.2, 0.25) is 5.91 Å². The van der Waals surface area contributed by atoms with Crippen molar-refractivity contribution < 1.29 is 33.4 Å². The quantitative estimate of drug-likeness (QED) is 0.191. The van der Waals surface area contributed by atoms with Crippen molar-refractivity contribution in [3.8, 4) is 0 Å². The number of ether oxygens (including phenoxy) is 2. The van der Waals surface area contributed by atoms with E-state index in [0.29, 0.717) is 36.7 Å². The van der Waals surface area contributed by atoms with Gasteiger partial charge >= 0.3 is 11.9 Å². The number of hydrogen-bond donors (Lipinski definition) is 1. The Morgan fingerprint density at radius 3 is 2.48 bits per heavy atom. The molecule has 1 N–H and O–H groups in total. The van der Waals surface area contributed by atoms with Crippen molar-refractivity contribution in [3.63, 3.8) is 0 Å². The van der Waals surface area contributed by atoms with Crippen molar-refractivity contribution in [2.24, 2.45) is 29.1 Å². The molecule has 1 unspecified atom stereocenters. The second-order valence-corrected chi connectivity index (χ2v) is 12.1. The predicted molar refractivity (Wildman–Crippen MR) is 153 cm³/mol. The van der Waals surface area contributed by atoms with E-state index < -0.39 is 41.3 Å². The maximum Gasteiger partial charge on any atom is 0.333 e. The number of rotatable bonds is 13. The first kappa shape index (κ1) is 33.2. The molecule has 1 fully saturated rings. The van der Waals surface area contributed by atoms with E-state index in [1.54, 1.807) is 6.92 Å². The lowest BCUT2D eigenvalue weighted by atomic mass is 9.56. The number of methoxy groups -OCH3 is 1.